The van der Waals surface area contributed by atoms with Gasteiger partial charge in [0.25, 0.3) is 0 Å². The first-order valence-corrected chi connectivity index (χ1v) is 11.3. The molecular formula is C32H24. The summed E-state index contributed by atoms with van der Waals surface area (Å²) in [7, 11) is 0. The largest absolute Gasteiger partial charge is 0.0753 e. The monoisotopic (exact) mass is 408 g/mol. The van der Waals surface area contributed by atoms with Crippen LogP contribution in [0.4, 0.5) is 0 Å². The molecule has 152 valence electrons. The number of benzene rings is 4. The van der Waals surface area contributed by atoms with Crippen LogP contribution in [0.1, 0.15) is 39.3 Å². The van der Waals surface area contributed by atoms with Crippen LogP contribution in [-0.2, 0) is 6.42 Å². The van der Waals surface area contributed by atoms with E-state index in [4.69, 9.17) is 0 Å². The summed E-state index contributed by atoms with van der Waals surface area (Å²) in [5.41, 5.74) is 12.2. The Morgan fingerprint density at radius 3 is 1.97 bits per heavy atom. The maximum Gasteiger partial charge on any atom is 0.0349 e. The Hall–Kier alpha value is -3.90. The molecule has 0 fully saturated rings. The molecule has 0 N–H and O–H groups in total. The minimum absolute atomic E-state index is 0.211. The third-order valence-electron chi connectivity index (χ3n) is 6.61. The lowest BCUT2D eigenvalue weighted by Crippen LogP contribution is -2.04. The Morgan fingerprint density at radius 1 is 0.562 bits per heavy atom. The van der Waals surface area contributed by atoms with E-state index in [9.17, 15) is 0 Å². The molecule has 0 radical (unpaired) electrons. The third-order valence-corrected chi connectivity index (χ3v) is 6.61. The molecule has 1 atom stereocenters. The molecule has 6 rings (SSSR count). The zero-order chi connectivity index (χ0) is 21.3. The summed E-state index contributed by atoms with van der Waals surface area (Å²) in [6, 6.07) is 39.3. The van der Waals surface area contributed by atoms with Crippen molar-refractivity contribution >= 4 is 22.8 Å². The van der Waals surface area contributed by atoms with Gasteiger partial charge in [-0.05, 0) is 68.7 Å². The third kappa shape index (κ3) is 3.25. The quantitative estimate of drug-likeness (QED) is 0.320. The lowest BCUT2D eigenvalue weighted by molar-refractivity contribution is 1.13. The Morgan fingerprint density at radius 2 is 1.19 bits per heavy atom. The zero-order valence-electron chi connectivity index (χ0n) is 17.9. The normalized spacial score (nSPS) is 16.3. The van der Waals surface area contributed by atoms with E-state index in [1.807, 2.05) is 0 Å². The van der Waals surface area contributed by atoms with Crippen molar-refractivity contribution in [3.63, 3.8) is 0 Å². The summed E-state index contributed by atoms with van der Waals surface area (Å²) in [6.45, 7) is 0. The molecule has 0 nitrogen and oxygen atoms in total. The predicted molar refractivity (Wildman–Crippen MR) is 136 cm³/mol. The van der Waals surface area contributed by atoms with E-state index in [2.05, 4.69) is 127 Å². The number of hydrogen-bond acceptors (Lipinski definition) is 0. The summed E-state index contributed by atoms with van der Waals surface area (Å²) >= 11 is 0. The van der Waals surface area contributed by atoms with Gasteiger partial charge < -0.3 is 0 Å². The standard InChI is InChI=1S/C32H24/c1-3-11-23(12-4-1)21-26-22-31(29-18-10-9-17-28(26)29)32(25-14-5-2-6-15-25)30-20-19-24-13-7-8-16-27(24)30/h1-18,20-22,32H,19H2/b26-21-. The highest BCUT2D eigenvalue weighted by Gasteiger charge is 2.31. The fourth-order valence-corrected chi connectivity index (χ4v) is 5.15. The van der Waals surface area contributed by atoms with Crippen molar-refractivity contribution in [1.29, 1.82) is 0 Å². The maximum absolute atomic E-state index is 2.44. The van der Waals surface area contributed by atoms with Crippen LogP contribution in [0.3, 0.4) is 0 Å². The molecule has 4 aromatic carbocycles. The Kier molecular flexibility index (Phi) is 4.70. The van der Waals surface area contributed by atoms with Gasteiger partial charge in [-0.1, -0.05) is 115 Å². The molecule has 0 spiro atoms. The van der Waals surface area contributed by atoms with Crippen LogP contribution in [0.15, 0.2) is 121 Å². The SMILES string of the molecule is C1=C(C(C2=C/C(=C/c3ccccc3)c3ccccc32)c2ccccc2)c2ccccc2C1. The van der Waals surface area contributed by atoms with Gasteiger partial charge in [-0.3, -0.25) is 0 Å². The van der Waals surface area contributed by atoms with Gasteiger partial charge in [0, 0.05) is 5.92 Å². The van der Waals surface area contributed by atoms with Crippen LogP contribution >= 0.6 is 0 Å². The van der Waals surface area contributed by atoms with Crippen molar-refractivity contribution < 1.29 is 0 Å². The van der Waals surface area contributed by atoms with E-state index in [-0.39, 0.29) is 5.92 Å². The van der Waals surface area contributed by atoms with Crippen LogP contribution in [0.25, 0.3) is 22.8 Å². The second kappa shape index (κ2) is 7.98. The summed E-state index contributed by atoms with van der Waals surface area (Å²) < 4.78 is 0. The number of fused-ring (bicyclic) bond motifs is 2. The fourth-order valence-electron chi connectivity index (χ4n) is 5.15. The molecule has 0 amide bonds. The van der Waals surface area contributed by atoms with Gasteiger partial charge >= 0.3 is 0 Å². The Balaban J connectivity index is 1.55. The zero-order valence-corrected chi connectivity index (χ0v) is 17.9. The van der Waals surface area contributed by atoms with Crippen molar-refractivity contribution in [3.8, 4) is 0 Å². The van der Waals surface area contributed by atoms with Gasteiger partial charge in [-0.2, -0.15) is 0 Å². The Bertz CT molecular complexity index is 1370. The molecule has 0 heterocycles. The smallest absolute Gasteiger partial charge is 0.0349 e. The van der Waals surface area contributed by atoms with Crippen molar-refractivity contribution in [3.05, 3.63) is 155 Å². The van der Waals surface area contributed by atoms with Gasteiger partial charge in [0.2, 0.25) is 0 Å². The first kappa shape index (κ1) is 18.8. The molecule has 0 aliphatic heterocycles. The summed E-state index contributed by atoms with van der Waals surface area (Å²) in [4.78, 5) is 0. The van der Waals surface area contributed by atoms with E-state index in [0.29, 0.717) is 0 Å². The average molecular weight is 409 g/mol. The van der Waals surface area contributed by atoms with Crippen molar-refractivity contribution in [2.45, 2.75) is 12.3 Å². The van der Waals surface area contributed by atoms with Crippen LogP contribution < -0.4 is 0 Å². The molecule has 32 heavy (non-hydrogen) atoms. The highest BCUT2D eigenvalue weighted by atomic mass is 14.3. The van der Waals surface area contributed by atoms with Crippen molar-refractivity contribution in [2.75, 3.05) is 0 Å². The minimum Gasteiger partial charge on any atom is -0.0753 e. The lowest BCUT2D eigenvalue weighted by atomic mass is 9.80. The maximum atomic E-state index is 2.44. The average Bonchev–Trinajstić information content (AvgIpc) is 3.44. The molecule has 1 unspecified atom stereocenters. The highest BCUT2D eigenvalue weighted by molar-refractivity contribution is 6.06. The first-order chi connectivity index (χ1) is 15.9. The summed E-state index contributed by atoms with van der Waals surface area (Å²) in [5.74, 6) is 0.211. The van der Waals surface area contributed by atoms with E-state index in [0.717, 1.165) is 6.42 Å². The second-order valence-corrected chi connectivity index (χ2v) is 8.52. The molecular weight excluding hydrogens is 384 g/mol. The van der Waals surface area contributed by atoms with E-state index < -0.39 is 0 Å². The van der Waals surface area contributed by atoms with Gasteiger partial charge in [0.1, 0.15) is 0 Å². The van der Waals surface area contributed by atoms with Crippen molar-refractivity contribution in [1.82, 2.24) is 0 Å². The van der Waals surface area contributed by atoms with Gasteiger partial charge in [-0.25, -0.2) is 0 Å². The minimum atomic E-state index is 0.211. The first-order valence-electron chi connectivity index (χ1n) is 11.3. The molecule has 0 saturated carbocycles. The Labute approximate surface area is 189 Å². The van der Waals surface area contributed by atoms with E-state index >= 15 is 0 Å². The molecule has 0 saturated heterocycles. The molecule has 2 aliphatic carbocycles. The van der Waals surface area contributed by atoms with Crippen LogP contribution in [-0.4, -0.2) is 0 Å². The number of allylic oxidation sites excluding steroid dienone is 5. The van der Waals surface area contributed by atoms with Crippen LogP contribution in [0.2, 0.25) is 0 Å². The molecule has 2 aliphatic rings. The van der Waals surface area contributed by atoms with Gasteiger partial charge in [-0.15, -0.1) is 0 Å². The molecule has 0 aromatic heterocycles. The second-order valence-electron chi connectivity index (χ2n) is 8.52. The number of rotatable bonds is 4. The van der Waals surface area contributed by atoms with Gasteiger partial charge in [0.05, 0.1) is 0 Å². The predicted octanol–water partition coefficient (Wildman–Crippen LogP) is 8.05. The van der Waals surface area contributed by atoms with Crippen LogP contribution in [0.5, 0.6) is 0 Å². The molecule has 0 bridgehead atoms. The van der Waals surface area contributed by atoms with Crippen LogP contribution in [0, 0.1) is 0 Å². The fraction of sp³-hybridized carbons (Fsp3) is 0.0625. The van der Waals surface area contributed by atoms with Gasteiger partial charge in [0.15, 0.2) is 0 Å². The highest BCUT2D eigenvalue weighted by Crippen LogP contribution is 2.50. The topological polar surface area (TPSA) is 0 Å². The van der Waals surface area contributed by atoms with E-state index in [1.54, 1.807) is 0 Å². The lowest BCUT2D eigenvalue weighted by Gasteiger charge is -2.23. The van der Waals surface area contributed by atoms with E-state index in [1.165, 1.54) is 50.1 Å². The molecule has 4 aromatic rings. The summed E-state index contributed by atoms with van der Waals surface area (Å²) in [6.07, 6.45) is 8.17. The molecule has 0 heteroatoms. The summed E-state index contributed by atoms with van der Waals surface area (Å²) in [5, 5.41) is 0. The number of hydrogen-bond donors (Lipinski definition) is 0. The van der Waals surface area contributed by atoms with Crippen molar-refractivity contribution in [2.24, 2.45) is 0 Å².